The van der Waals surface area contributed by atoms with Crippen LogP contribution in [0.3, 0.4) is 0 Å². The maximum Gasteiger partial charge on any atom is 0.212 e. The van der Waals surface area contributed by atoms with Gasteiger partial charge in [0.05, 0.1) is 19.3 Å². The summed E-state index contributed by atoms with van der Waals surface area (Å²) >= 11 is 0. The summed E-state index contributed by atoms with van der Waals surface area (Å²) in [6, 6.07) is 9.07. The molecule has 0 aliphatic heterocycles. The maximum absolute atomic E-state index is 12.9. The Labute approximate surface area is 400 Å². The lowest BCUT2D eigenvalue weighted by Gasteiger charge is -2.38. The Kier molecular flexibility index (Phi) is 38.6. The zero-order valence-electron chi connectivity index (χ0n) is 44.6. The molecule has 0 radical (unpaired) electrons. The quantitative estimate of drug-likeness (QED) is 0.134. The number of carbonyl (C=O) groups excluding carboxylic acids is 5. The van der Waals surface area contributed by atoms with Crippen molar-refractivity contribution >= 4 is 28.9 Å². The van der Waals surface area contributed by atoms with Crippen molar-refractivity contribution in [2.75, 3.05) is 20.8 Å². The second-order valence-electron chi connectivity index (χ2n) is 19.4. The predicted molar refractivity (Wildman–Crippen MR) is 268 cm³/mol. The van der Waals surface area contributed by atoms with Crippen LogP contribution in [0.1, 0.15) is 197 Å². The van der Waals surface area contributed by atoms with E-state index < -0.39 is 5.67 Å². The lowest BCUT2D eigenvalue weighted by Crippen LogP contribution is -2.37. The number of aryl methyl sites for hydroxylation is 2. The van der Waals surface area contributed by atoms with Gasteiger partial charge >= 0.3 is 0 Å². The minimum atomic E-state index is -0.972. The predicted octanol–water partition coefficient (Wildman–Crippen LogP) is 13.8. The van der Waals surface area contributed by atoms with E-state index >= 15 is 0 Å². The number of ketones is 5. The van der Waals surface area contributed by atoms with Crippen LogP contribution in [0.15, 0.2) is 36.5 Å². The molecule has 2 saturated carbocycles. The maximum atomic E-state index is 12.9. The van der Waals surface area contributed by atoms with Gasteiger partial charge in [-0.25, -0.2) is 13.8 Å². The standard InChI is InChI=1S/C9H11F.C8H13FO.C8H11NO.C8H14O2.C8H16O2.C8H16O.C6H12O/c1-3-8-7(2)5-4-6-9(8)10;1-6(10)3-7-4-8(2,9)5-7;1-3-7-4-5-8(10-2)9-6-7;1-6(9)3-7-4-8(5-7)10-2;1-7(2)10-6-4-5-8(3)9;1-7(9)5-6-8(2,3)4;1-3-4-5-6(2)7/h4-6H,3H2,1-2H3;7H,3-5H2,1-2H3;4-6H,3H2,1-2H3;7-8H,3-5H2,1-2H3;7H,4-6H2,1-3H3;5-6H2,1-4H3;3-5H2,1-2H3. The molecule has 0 unspecified atom stereocenters. The number of ether oxygens (including phenoxy) is 3. The molecule has 66 heavy (non-hydrogen) atoms. The van der Waals surface area contributed by atoms with Crippen molar-refractivity contribution in [2.45, 2.75) is 218 Å². The fourth-order valence-corrected chi connectivity index (χ4v) is 6.61. The van der Waals surface area contributed by atoms with Crippen LogP contribution in [0.5, 0.6) is 5.88 Å². The Hall–Kier alpha value is -3.70. The molecule has 11 heteroatoms. The van der Waals surface area contributed by atoms with Gasteiger partial charge in [-0.15, -0.1) is 0 Å². The summed E-state index contributed by atoms with van der Waals surface area (Å²) in [5.41, 5.74) is 2.46. The molecule has 2 aromatic rings. The van der Waals surface area contributed by atoms with Crippen LogP contribution in [0.2, 0.25) is 0 Å². The highest BCUT2D eigenvalue weighted by molar-refractivity contribution is 5.76. The molecular formula is C55H93F2NO8. The van der Waals surface area contributed by atoms with Crippen molar-refractivity contribution in [2.24, 2.45) is 17.3 Å². The number of pyridine rings is 1. The molecular weight excluding hydrogens is 841 g/mol. The van der Waals surface area contributed by atoms with E-state index in [0.29, 0.717) is 78.9 Å². The average molecular weight is 934 g/mol. The minimum Gasteiger partial charge on any atom is -0.481 e. The molecule has 0 bridgehead atoms. The molecule has 1 aromatic carbocycles. The highest BCUT2D eigenvalue weighted by atomic mass is 19.1. The number of nitrogens with zero attached hydrogens (tertiary/aromatic N) is 1. The first-order valence-electron chi connectivity index (χ1n) is 24.2. The summed E-state index contributed by atoms with van der Waals surface area (Å²) in [5, 5.41) is 0. The molecule has 380 valence electrons. The van der Waals surface area contributed by atoms with E-state index in [1.807, 2.05) is 52.1 Å². The third-order valence-electron chi connectivity index (χ3n) is 10.5. The van der Waals surface area contributed by atoms with E-state index in [1.165, 1.54) is 11.6 Å². The van der Waals surface area contributed by atoms with Gasteiger partial charge in [-0.1, -0.05) is 66.2 Å². The molecule has 0 spiro atoms. The molecule has 0 N–H and O–H groups in total. The molecule has 0 atom stereocenters. The van der Waals surface area contributed by atoms with Gasteiger partial charge in [0.1, 0.15) is 40.4 Å². The van der Waals surface area contributed by atoms with Gasteiger partial charge in [-0.05, 0) is 160 Å². The van der Waals surface area contributed by atoms with Crippen molar-refractivity contribution in [3.63, 3.8) is 0 Å². The molecule has 2 aliphatic carbocycles. The molecule has 2 aliphatic rings. The van der Waals surface area contributed by atoms with Gasteiger partial charge in [0, 0.05) is 58.1 Å². The molecule has 9 nitrogen and oxygen atoms in total. The number of carbonyl (C=O) groups is 5. The second-order valence-corrected chi connectivity index (χ2v) is 19.4. The van der Waals surface area contributed by atoms with E-state index in [-0.39, 0.29) is 23.5 Å². The molecule has 1 aromatic heterocycles. The number of aromatic nitrogens is 1. The average Bonchev–Trinajstić information content (AvgIpc) is 3.19. The zero-order chi connectivity index (χ0) is 51.5. The number of benzene rings is 1. The summed E-state index contributed by atoms with van der Waals surface area (Å²) < 4.78 is 40.9. The number of hydrogen-bond donors (Lipinski definition) is 0. The third-order valence-corrected chi connectivity index (χ3v) is 10.5. The Morgan fingerprint density at radius 3 is 1.62 bits per heavy atom. The van der Waals surface area contributed by atoms with Crippen molar-refractivity contribution < 1.29 is 47.0 Å². The molecule has 0 saturated heterocycles. The monoisotopic (exact) mass is 934 g/mol. The molecule has 1 heterocycles. The van der Waals surface area contributed by atoms with Crippen LogP contribution in [0.4, 0.5) is 8.78 Å². The van der Waals surface area contributed by atoms with E-state index in [9.17, 15) is 32.8 Å². The van der Waals surface area contributed by atoms with Crippen molar-refractivity contribution in [1.82, 2.24) is 4.98 Å². The van der Waals surface area contributed by atoms with Crippen LogP contribution in [-0.4, -0.2) is 72.6 Å². The number of hydrogen-bond acceptors (Lipinski definition) is 9. The van der Waals surface area contributed by atoms with Crippen LogP contribution < -0.4 is 4.74 Å². The Balaban J connectivity index is -0.000000704. The van der Waals surface area contributed by atoms with E-state index in [1.54, 1.807) is 61.8 Å². The number of halogens is 2. The van der Waals surface area contributed by atoms with Gasteiger partial charge in [0.2, 0.25) is 5.88 Å². The van der Waals surface area contributed by atoms with Crippen LogP contribution in [-0.2, 0) is 46.3 Å². The summed E-state index contributed by atoms with van der Waals surface area (Å²) in [7, 11) is 3.35. The third kappa shape index (κ3) is 41.7. The summed E-state index contributed by atoms with van der Waals surface area (Å²) in [5.74, 6) is 2.87. The Morgan fingerprint density at radius 1 is 0.773 bits per heavy atom. The van der Waals surface area contributed by atoms with E-state index in [0.717, 1.165) is 81.8 Å². The normalized spacial score (nSPS) is 17.7. The lowest BCUT2D eigenvalue weighted by atomic mass is 9.71. The van der Waals surface area contributed by atoms with Crippen LogP contribution in [0.25, 0.3) is 0 Å². The largest absolute Gasteiger partial charge is 0.481 e. The fourth-order valence-electron chi connectivity index (χ4n) is 6.61. The smallest absolute Gasteiger partial charge is 0.212 e. The Bertz CT molecular complexity index is 1560. The van der Waals surface area contributed by atoms with Crippen molar-refractivity contribution in [3.8, 4) is 5.88 Å². The number of Topliss-reactive ketones (excluding diaryl/α,β-unsaturated/α-hetero) is 5. The Morgan fingerprint density at radius 2 is 1.30 bits per heavy atom. The van der Waals surface area contributed by atoms with E-state index in [2.05, 4.69) is 39.6 Å². The summed E-state index contributed by atoms with van der Waals surface area (Å²) in [6.45, 7) is 28.9. The first kappa shape index (κ1) is 66.6. The molecule has 0 amide bonds. The highest BCUT2D eigenvalue weighted by Crippen LogP contribution is 2.42. The summed E-state index contributed by atoms with van der Waals surface area (Å²) in [6.07, 6.45) is 15.1. The first-order valence-corrected chi connectivity index (χ1v) is 24.2. The second kappa shape index (κ2) is 38.3. The van der Waals surface area contributed by atoms with Crippen LogP contribution >= 0.6 is 0 Å². The van der Waals surface area contributed by atoms with Gasteiger partial charge in [-0.3, -0.25) is 0 Å². The number of rotatable bonds is 18. The van der Waals surface area contributed by atoms with Crippen molar-refractivity contribution in [1.29, 1.82) is 0 Å². The first-order chi connectivity index (χ1) is 30.6. The van der Waals surface area contributed by atoms with Gasteiger partial charge < -0.3 is 38.2 Å². The SMILES string of the molecule is CC(=O)CC1CC(C)(F)C1.CC(=O)CCC(C)(C)C.CC(=O)CCCOC(C)C.CCCCC(C)=O.CCc1c(C)cccc1F.CCc1ccc(OC)nc1.COC1CC(CC(C)=O)C1. The van der Waals surface area contributed by atoms with Crippen molar-refractivity contribution in [3.05, 3.63) is 59.0 Å². The zero-order valence-corrected chi connectivity index (χ0v) is 44.6. The van der Waals surface area contributed by atoms with Crippen LogP contribution in [0, 0.1) is 30.0 Å². The minimum absolute atomic E-state index is 0.0810. The number of methoxy groups -OCH3 is 2. The van der Waals surface area contributed by atoms with Gasteiger partial charge in [0.15, 0.2) is 0 Å². The molecule has 4 rings (SSSR count). The summed E-state index contributed by atoms with van der Waals surface area (Å²) in [4.78, 5) is 56.3. The number of unbranched alkanes of at least 4 members (excludes halogenated alkanes) is 1. The number of alkyl halides is 1. The fraction of sp³-hybridized carbons (Fsp3) is 0.709. The van der Waals surface area contributed by atoms with Gasteiger partial charge in [0.25, 0.3) is 0 Å². The van der Waals surface area contributed by atoms with Gasteiger partial charge in [-0.2, -0.15) is 0 Å². The molecule has 2 fully saturated rings. The lowest BCUT2D eigenvalue weighted by molar-refractivity contribution is -0.120. The topological polar surface area (TPSA) is 126 Å². The van der Waals surface area contributed by atoms with E-state index in [4.69, 9.17) is 14.2 Å². The highest BCUT2D eigenvalue weighted by Gasteiger charge is 2.40.